The molecule has 2 aromatic rings. The Morgan fingerprint density at radius 3 is 2.82 bits per heavy atom. The van der Waals surface area contributed by atoms with Gasteiger partial charge in [0.15, 0.2) is 0 Å². The van der Waals surface area contributed by atoms with Crippen LogP contribution in [0.4, 0.5) is 0 Å². The molecule has 2 heteroatoms. The number of rotatable bonds is 3. The number of hydrogen-bond acceptors (Lipinski definition) is 1. The molecule has 0 atom stereocenters. The van der Waals surface area contributed by atoms with Gasteiger partial charge in [0.05, 0.1) is 0 Å². The van der Waals surface area contributed by atoms with Gasteiger partial charge in [0.2, 0.25) is 0 Å². The smallest absolute Gasteiger partial charge is 0.0485 e. The molecule has 90 valence electrons. The minimum atomic E-state index is 0.640. The van der Waals surface area contributed by atoms with E-state index >= 15 is 0 Å². The highest BCUT2D eigenvalue weighted by Crippen LogP contribution is 2.31. The van der Waals surface area contributed by atoms with E-state index in [-0.39, 0.29) is 0 Å². The lowest BCUT2D eigenvalue weighted by molar-refractivity contribution is 0.277. The second-order valence-electron chi connectivity index (χ2n) is 5.26. The maximum atomic E-state index is 5.88. The third-order valence-electron chi connectivity index (χ3n) is 4.12. The summed E-state index contributed by atoms with van der Waals surface area (Å²) in [6.45, 7) is 3.97. The Hall–Kier alpha value is -1.28. The molecule has 1 aliphatic carbocycles. The van der Waals surface area contributed by atoms with Crippen molar-refractivity contribution < 1.29 is 0 Å². The second-order valence-corrected chi connectivity index (χ2v) is 5.26. The molecular weight excluding hydrogens is 208 g/mol. The van der Waals surface area contributed by atoms with Gasteiger partial charge in [-0.2, -0.15) is 0 Å². The number of hydrogen-bond donors (Lipinski definition) is 1. The summed E-state index contributed by atoms with van der Waals surface area (Å²) in [6.07, 6.45) is 4.17. The van der Waals surface area contributed by atoms with E-state index in [2.05, 4.69) is 35.8 Å². The third kappa shape index (κ3) is 1.77. The van der Waals surface area contributed by atoms with E-state index in [1.54, 1.807) is 0 Å². The van der Waals surface area contributed by atoms with Crippen molar-refractivity contribution >= 4 is 10.9 Å². The highest BCUT2D eigenvalue weighted by molar-refractivity contribution is 5.84. The number of aryl methyl sites for hydroxylation is 1. The summed E-state index contributed by atoms with van der Waals surface area (Å²) in [5.74, 6) is 0.872. The molecule has 1 fully saturated rings. The third-order valence-corrected chi connectivity index (χ3v) is 4.12. The topological polar surface area (TPSA) is 30.9 Å². The van der Waals surface area contributed by atoms with Gasteiger partial charge in [-0.05, 0) is 43.4 Å². The summed E-state index contributed by atoms with van der Waals surface area (Å²) >= 11 is 0. The SMILES string of the molecule is Cc1cccc2c1cc(CN)n2CC1CCC1. The maximum absolute atomic E-state index is 5.88. The van der Waals surface area contributed by atoms with E-state index in [0.717, 1.165) is 12.5 Å². The Bertz CT molecular complexity index is 535. The van der Waals surface area contributed by atoms with E-state index in [4.69, 9.17) is 5.73 Å². The van der Waals surface area contributed by atoms with E-state index < -0.39 is 0 Å². The monoisotopic (exact) mass is 228 g/mol. The average molecular weight is 228 g/mol. The van der Waals surface area contributed by atoms with Crippen LogP contribution in [0.5, 0.6) is 0 Å². The fourth-order valence-electron chi connectivity index (χ4n) is 2.81. The van der Waals surface area contributed by atoms with Crippen molar-refractivity contribution in [2.24, 2.45) is 11.7 Å². The Kier molecular flexibility index (Phi) is 2.67. The zero-order chi connectivity index (χ0) is 11.8. The average Bonchev–Trinajstić information content (AvgIpc) is 2.63. The molecule has 17 heavy (non-hydrogen) atoms. The Balaban J connectivity index is 2.09. The fourth-order valence-corrected chi connectivity index (χ4v) is 2.81. The summed E-state index contributed by atoms with van der Waals surface area (Å²) in [6, 6.07) is 8.81. The first-order valence-corrected chi connectivity index (χ1v) is 6.57. The van der Waals surface area contributed by atoms with Crippen LogP contribution in [0.15, 0.2) is 24.3 Å². The molecular formula is C15H20N2. The van der Waals surface area contributed by atoms with Crippen molar-refractivity contribution in [3.8, 4) is 0 Å². The summed E-state index contributed by atoms with van der Waals surface area (Å²) in [5, 5.41) is 1.37. The minimum absolute atomic E-state index is 0.640. The van der Waals surface area contributed by atoms with E-state index in [0.29, 0.717) is 6.54 Å². The van der Waals surface area contributed by atoms with Crippen molar-refractivity contribution in [2.75, 3.05) is 0 Å². The van der Waals surface area contributed by atoms with Crippen molar-refractivity contribution in [3.63, 3.8) is 0 Å². The molecule has 1 aliphatic rings. The van der Waals surface area contributed by atoms with Crippen LogP contribution in [-0.4, -0.2) is 4.57 Å². The molecule has 0 bridgehead atoms. The summed E-state index contributed by atoms with van der Waals surface area (Å²) < 4.78 is 2.44. The first-order valence-electron chi connectivity index (χ1n) is 6.57. The molecule has 2 nitrogen and oxygen atoms in total. The number of fused-ring (bicyclic) bond motifs is 1. The van der Waals surface area contributed by atoms with Gasteiger partial charge in [-0.25, -0.2) is 0 Å². The van der Waals surface area contributed by atoms with Gasteiger partial charge in [0.25, 0.3) is 0 Å². The molecule has 0 radical (unpaired) electrons. The van der Waals surface area contributed by atoms with Crippen LogP contribution in [0.25, 0.3) is 10.9 Å². The first-order chi connectivity index (χ1) is 8.29. The van der Waals surface area contributed by atoms with Crippen molar-refractivity contribution in [2.45, 2.75) is 39.3 Å². The van der Waals surface area contributed by atoms with Crippen LogP contribution >= 0.6 is 0 Å². The molecule has 1 aromatic carbocycles. The quantitative estimate of drug-likeness (QED) is 0.859. The molecule has 0 aliphatic heterocycles. The van der Waals surface area contributed by atoms with Gasteiger partial charge in [-0.15, -0.1) is 0 Å². The van der Waals surface area contributed by atoms with Gasteiger partial charge >= 0.3 is 0 Å². The molecule has 0 unspecified atom stereocenters. The number of benzene rings is 1. The highest BCUT2D eigenvalue weighted by Gasteiger charge is 2.20. The predicted molar refractivity (Wildman–Crippen MR) is 71.9 cm³/mol. The van der Waals surface area contributed by atoms with Crippen LogP contribution in [0.1, 0.15) is 30.5 Å². The van der Waals surface area contributed by atoms with Crippen LogP contribution in [0.2, 0.25) is 0 Å². The molecule has 2 N–H and O–H groups in total. The van der Waals surface area contributed by atoms with Gasteiger partial charge < -0.3 is 10.3 Å². The van der Waals surface area contributed by atoms with Crippen molar-refractivity contribution in [1.29, 1.82) is 0 Å². The van der Waals surface area contributed by atoms with E-state index in [1.807, 2.05) is 0 Å². The minimum Gasteiger partial charge on any atom is -0.343 e. The largest absolute Gasteiger partial charge is 0.343 e. The molecule has 1 saturated carbocycles. The van der Waals surface area contributed by atoms with Crippen molar-refractivity contribution in [1.82, 2.24) is 4.57 Å². The molecule has 1 heterocycles. The standard InChI is InChI=1S/C15H20N2/c1-11-4-2-7-15-14(11)8-13(9-16)17(15)10-12-5-3-6-12/h2,4,7-8,12H,3,5-6,9-10,16H2,1H3. The lowest BCUT2D eigenvalue weighted by atomic mass is 9.85. The van der Waals surface area contributed by atoms with Crippen LogP contribution < -0.4 is 5.73 Å². The fraction of sp³-hybridized carbons (Fsp3) is 0.467. The Morgan fingerprint density at radius 1 is 1.35 bits per heavy atom. The molecule has 0 saturated heterocycles. The van der Waals surface area contributed by atoms with Gasteiger partial charge in [-0.3, -0.25) is 0 Å². The normalized spacial score (nSPS) is 16.4. The molecule has 1 aromatic heterocycles. The summed E-state index contributed by atoms with van der Waals surface area (Å²) in [4.78, 5) is 0. The molecule has 3 rings (SSSR count). The zero-order valence-electron chi connectivity index (χ0n) is 10.4. The van der Waals surface area contributed by atoms with E-state index in [9.17, 15) is 0 Å². The van der Waals surface area contributed by atoms with Crippen LogP contribution in [0, 0.1) is 12.8 Å². The van der Waals surface area contributed by atoms with Gasteiger partial charge in [0.1, 0.15) is 0 Å². The van der Waals surface area contributed by atoms with Gasteiger partial charge in [-0.1, -0.05) is 18.6 Å². The van der Waals surface area contributed by atoms with E-state index in [1.165, 1.54) is 41.4 Å². The second kappa shape index (κ2) is 4.19. The molecule has 0 amide bonds. The number of nitrogens with two attached hydrogens (primary N) is 1. The number of aromatic nitrogens is 1. The Labute approximate surface area is 102 Å². The number of nitrogens with zero attached hydrogens (tertiary/aromatic N) is 1. The maximum Gasteiger partial charge on any atom is 0.0485 e. The Morgan fingerprint density at radius 2 is 2.18 bits per heavy atom. The first kappa shape index (κ1) is 10.8. The lowest BCUT2D eigenvalue weighted by Gasteiger charge is -2.27. The summed E-state index contributed by atoms with van der Waals surface area (Å²) in [5.41, 5.74) is 9.87. The van der Waals surface area contributed by atoms with Crippen molar-refractivity contribution in [3.05, 3.63) is 35.5 Å². The van der Waals surface area contributed by atoms with Crippen LogP contribution in [0.3, 0.4) is 0 Å². The highest BCUT2D eigenvalue weighted by atomic mass is 15.0. The van der Waals surface area contributed by atoms with Crippen LogP contribution in [-0.2, 0) is 13.1 Å². The van der Waals surface area contributed by atoms with Gasteiger partial charge in [0, 0.05) is 29.7 Å². The predicted octanol–water partition coefficient (Wildman–Crippen LogP) is 3.21. The summed E-state index contributed by atoms with van der Waals surface area (Å²) in [7, 11) is 0. The lowest BCUT2D eigenvalue weighted by Crippen LogP contribution is -2.20. The zero-order valence-corrected chi connectivity index (χ0v) is 10.4. The molecule has 0 spiro atoms.